The predicted molar refractivity (Wildman–Crippen MR) is 65.1 cm³/mol. The van der Waals surface area contributed by atoms with Crippen LogP contribution in [0.1, 0.15) is 12.6 Å². The lowest BCUT2D eigenvalue weighted by atomic mass is 10.6. The van der Waals surface area contributed by atoms with Gasteiger partial charge in [-0.3, -0.25) is 4.79 Å². The third-order valence-corrected chi connectivity index (χ3v) is 4.03. The highest BCUT2D eigenvalue weighted by molar-refractivity contribution is 8.00. The first-order valence-corrected chi connectivity index (χ1v) is 6.55. The van der Waals surface area contributed by atoms with Crippen molar-refractivity contribution in [3.8, 4) is 0 Å². The van der Waals surface area contributed by atoms with Crippen LogP contribution in [0.3, 0.4) is 0 Å². The Kier molecular flexibility index (Phi) is 3.40. The number of thiazole rings is 1. The molecule has 6 heteroatoms. The highest BCUT2D eigenvalue weighted by atomic mass is 32.2. The number of hydrogen-bond donors (Lipinski definition) is 0. The van der Waals surface area contributed by atoms with E-state index < -0.39 is 0 Å². The van der Waals surface area contributed by atoms with Gasteiger partial charge in [0.15, 0.2) is 9.37 Å². The molecule has 84 valence electrons. The van der Waals surface area contributed by atoms with Crippen LogP contribution in [-0.2, 0) is 6.54 Å². The molecule has 0 aliphatic heterocycles. The minimum absolute atomic E-state index is 0.0529. The Morgan fingerprint density at radius 3 is 3.00 bits per heavy atom. The maximum atomic E-state index is 11.9. The number of hydrogen-bond acceptors (Lipinski definition) is 5. The Balaban J connectivity index is 2.31. The first-order chi connectivity index (χ1) is 7.70. The van der Waals surface area contributed by atoms with Crippen LogP contribution in [-0.4, -0.2) is 14.5 Å². The molecule has 0 spiro atoms. The van der Waals surface area contributed by atoms with Crippen molar-refractivity contribution in [3.63, 3.8) is 0 Å². The van der Waals surface area contributed by atoms with Crippen LogP contribution in [0.2, 0.25) is 0 Å². The SMILES string of the molecule is CCn1ccnc(Sc2nc(C)cs2)c1=O. The Hall–Kier alpha value is -1.14. The topological polar surface area (TPSA) is 47.8 Å². The van der Waals surface area contributed by atoms with Gasteiger partial charge in [0.05, 0.1) is 0 Å². The number of rotatable bonds is 3. The molecular weight excluding hydrogens is 242 g/mol. The first kappa shape index (κ1) is 11.3. The molecule has 2 aromatic rings. The lowest BCUT2D eigenvalue weighted by Gasteiger charge is -2.02. The molecule has 2 aromatic heterocycles. The van der Waals surface area contributed by atoms with Crippen molar-refractivity contribution < 1.29 is 0 Å². The second kappa shape index (κ2) is 4.80. The first-order valence-electron chi connectivity index (χ1n) is 4.86. The van der Waals surface area contributed by atoms with Crippen LogP contribution >= 0.6 is 23.1 Å². The molecule has 0 aliphatic rings. The second-order valence-corrected chi connectivity index (χ2v) is 5.27. The molecule has 0 unspecified atom stereocenters. The van der Waals surface area contributed by atoms with Gasteiger partial charge in [-0.05, 0) is 25.6 Å². The molecule has 0 radical (unpaired) electrons. The summed E-state index contributed by atoms with van der Waals surface area (Å²) in [6.07, 6.45) is 3.34. The van der Waals surface area contributed by atoms with Gasteiger partial charge in [0, 0.05) is 30.0 Å². The minimum atomic E-state index is -0.0529. The molecule has 0 saturated heterocycles. The Bertz CT molecular complexity index is 547. The highest BCUT2D eigenvalue weighted by Crippen LogP contribution is 2.26. The summed E-state index contributed by atoms with van der Waals surface area (Å²) < 4.78 is 2.49. The van der Waals surface area contributed by atoms with E-state index in [1.54, 1.807) is 17.0 Å². The largest absolute Gasteiger partial charge is 0.312 e. The maximum Gasteiger partial charge on any atom is 0.283 e. The summed E-state index contributed by atoms with van der Waals surface area (Å²) in [5, 5.41) is 2.45. The quantitative estimate of drug-likeness (QED) is 0.841. The van der Waals surface area contributed by atoms with E-state index >= 15 is 0 Å². The standard InChI is InChI=1S/C10H11N3OS2/c1-3-13-5-4-11-8(9(13)14)16-10-12-7(2)6-15-10/h4-6H,3H2,1-2H3. The van der Waals surface area contributed by atoms with Crippen molar-refractivity contribution in [1.29, 1.82) is 0 Å². The summed E-state index contributed by atoms with van der Waals surface area (Å²) in [4.78, 5) is 20.3. The Morgan fingerprint density at radius 1 is 1.56 bits per heavy atom. The van der Waals surface area contributed by atoms with Crippen molar-refractivity contribution in [2.75, 3.05) is 0 Å². The lowest BCUT2D eigenvalue weighted by Crippen LogP contribution is -2.20. The third-order valence-electron chi connectivity index (χ3n) is 2.00. The summed E-state index contributed by atoms with van der Waals surface area (Å²) in [6, 6.07) is 0. The predicted octanol–water partition coefficient (Wildman–Crippen LogP) is 2.18. The van der Waals surface area contributed by atoms with Crippen molar-refractivity contribution in [3.05, 3.63) is 33.8 Å². The zero-order valence-corrected chi connectivity index (χ0v) is 10.6. The molecule has 0 aliphatic carbocycles. The fraction of sp³-hybridized carbons (Fsp3) is 0.300. The van der Waals surface area contributed by atoms with Gasteiger partial charge in [-0.25, -0.2) is 9.97 Å². The van der Waals surface area contributed by atoms with Gasteiger partial charge in [-0.2, -0.15) is 0 Å². The molecule has 0 amide bonds. The molecule has 2 rings (SSSR count). The Morgan fingerprint density at radius 2 is 2.38 bits per heavy atom. The fourth-order valence-corrected chi connectivity index (χ4v) is 2.98. The zero-order valence-electron chi connectivity index (χ0n) is 9.01. The van der Waals surface area contributed by atoms with E-state index in [1.807, 2.05) is 19.2 Å². The summed E-state index contributed by atoms with van der Waals surface area (Å²) in [5.74, 6) is 0. The molecule has 0 atom stereocenters. The summed E-state index contributed by atoms with van der Waals surface area (Å²) >= 11 is 2.86. The second-order valence-electron chi connectivity index (χ2n) is 3.18. The molecule has 0 N–H and O–H groups in total. The van der Waals surface area contributed by atoms with Gasteiger partial charge in [-0.15, -0.1) is 11.3 Å². The van der Waals surface area contributed by atoms with Crippen molar-refractivity contribution in [2.24, 2.45) is 0 Å². The monoisotopic (exact) mass is 253 g/mol. The van der Waals surface area contributed by atoms with Gasteiger partial charge >= 0.3 is 0 Å². The number of nitrogens with zero attached hydrogens (tertiary/aromatic N) is 3. The van der Waals surface area contributed by atoms with E-state index in [1.165, 1.54) is 23.1 Å². The van der Waals surface area contributed by atoms with E-state index in [9.17, 15) is 4.79 Å². The fourth-order valence-electron chi connectivity index (χ4n) is 1.21. The number of aryl methyl sites for hydroxylation is 2. The molecule has 16 heavy (non-hydrogen) atoms. The van der Waals surface area contributed by atoms with E-state index in [4.69, 9.17) is 0 Å². The van der Waals surface area contributed by atoms with Crippen LogP contribution in [0.15, 0.2) is 31.9 Å². The van der Waals surface area contributed by atoms with E-state index in [0.717, 1.165) is 10.0 Å². The van der Waals surface area contributed by atoms with Crippen LogP contribution in [0.4, 0.5) is 0 Å². The van der Waals surface area contributed by atoms with E-state index in [2.05, 4.69) is 9.97 Å². The van der Waals surface area contributed by atoms with E-state index in [-0.39, 0.29) is 5.56 Å². The number of aromatic nitrogens is 3. The minimum Gasteiger partial charge on any atom is -0.312 e. The normalized spacial score (nSPS) is 10.6. The van der Waals surface area contributed by atoms with Crippen LogP contribution in [0, 0.1) is 6.92 Å². The third kappa shape index (κ3) is 2.33. The average molecular weight is 253 g/mol. The van der Waals surface area contributed by atoms with Gasteiger partial charge < -0.3 is 4.57 Å². The highest BCUT2D eigenvalue weighted by Gasteiger charge is 2.08. The molecular formula is C10H11N3OS2. The molecule has 0 aromatic carbocycles. The summed E-state index contributed by atoms with van der Waals surface area (Å²) in [5.41, 5.74) is 0.919. The Labute approximate surface area is 101 Å². The smallest absolute Gasteiger partial charge is 0.283 e. The molecule has 0 bridgehead atoms. The molecule has 0 fully saturated rings. The average Bonchev–Trinajstić information content (AvgIpc) is 2.67. The van der Waals surface area contributed by atoms with Crippen molar-refractivity contribution in [1.82, 2.24) is 14.5 Å². The van der Waals surface area contributed by atoms with Gasteiger partial charge in [0.1, 0.15) is 0 Å². The lowest BCUT2D eigenvalue weighted by molar-refractivity contribution is 0.692. The zero-order chi connectivity index (χ0) is 11.5. The van der Waals surface area contributed by atoms with Crippen molar-refractivity contribution >= 4 is 23.1 Å². The van der Waals surface area contributed by atoms with Gasteiger partial charge in [-0.1, -0.05) is 0 Å². The van der Waals surface area contributed by atoms with Gasteiger partial charge in [0.2, 0.25) is 0 Å². The summed E-state index contributed by atoms with van der Waals surface area (Å²) in [7, 11) is 0. The van der Waals surface area contributed by atoms with E-state index in [0.29, 0.717) is 11.6 Å². The molecule has 2 heterocycles. The maximum absolute atomic E-state index is 11.9. The van der Waals surface area contributed by atoms with Crippen LogP contribution in [0.25, 0.3) is 0 Å². The summed E-state index contributed by atoms with van der Waals surface area (Å²) in [6.45, 7) is 4.53. The van der Waals surface area contributed by atoms with Crippen LogP contribution in [0.5, 0.6) is 0 Å². The van der Waals surface area contributed by atoms with Gasteiger partial charge in [0.25, 0.3) is 5.56 Å². The van der Waals surface area contributed by atoms with Crippen molar-refractivity contribution in [2.45, 2.75) is 29.8 Å². The van der Waals surface area contributed by atoms with Crippen LogP contribution < -0.4 is 5.56 Å². The molecule has 4 nitrogen and oxygen atoms in total. The molecule has 0 saturated carbocycles.